The summed E-state index contributed by atoms with van der Waals surface area (Å²) in [5, 5.41) is 0.793. The Morgan fingerprint density at radius 2 is 2.26 bits per heavy atom. The number of fused-ring (bicyclic) bond motifs is 1. The van der Waals surface area contributed by atoms with E-state index in [1.807, 2.05) is 11.1 Å². The third-order valence-corrected chi connectivity index (χ3v) is 5.42. The van der Waals surface area contributed by atoms with E-state index < -0.39 is 0 Å². The molecular formula is C17H16FN3OS. The van der Waals surface area contributed by atoms with Crippen molar-refractivity contribution in [2.24, 2.45) is 0 Å². The zero-order valence-corrected chi connectivity index (χ0v) is 13.3. The van der Waals surface area contributed by atoms with E-state index in [4.69, 9.17) is 0 Å². The van der Waals surface area contributed by atoms with Crippen LogP contribution in [0.5, 0.6) is 0 Å². The second kappa shape index (κ2) is 5.77. The first kappa shape index (κ1) is 14.4. The number of hydrogen-bond acceptors (Lipinski definition) is 3. The van der Waals surface area contributed by atoms with E-state index in [0.717, 1.165) is 29.5 Å². The van der Waals surface area contributed by atoms with Gasteiger partial charge in [0.05, 0.1) is 17.2 Å². The van der Waals surface area contributed by atoms with E-state index in [0.29, 0.717) is 11.4 Å². The van der Waals surface area contributed by atoms with Crippen LogP contribution < -0.4 is 0 Å². The van der Waals surface area contributed by atoms with Gasteiger partial charge >= 0.3 is 0 Å². The molecule has 0 radical (unpaired) electrons. The Kier molecular flexibility index (Phi) is 3.61. The Morgan fingerprint density at radius 1 is 1.35 bits per heavy atom. The summed E-state index contributed by atoms with van der Waals surface area (Å²) in [6.45, 7) is 1.46. The summed E-state index contributed by atoms with van der Waals surface area (Å²) >= 11 is 1.43. The fourth-order valence-corrected chi connectivity index (χ4v) is 4.15. The van der Waals surface area contributed by atoms with Crippen molar-refractivity contribution in [3.05, 3.63) is 53.7 Å². The largest absolute Gasteiger partial charge is 0.336 e. The van der Waals surface area contributed by atoms with Gasteiger partial charge in [0, 0.05) is 30.2 Å². The van der Waals surface area contributed by atoms with Gasteiger partial charge in [-0.05, 0) is 42.5 Å². The van der Waals surface area contributed by atoms with Gasteiger partial charge in [0.1, 0.15) is 5.82 Å². The second-order valence-electron chi connectivity index (χ2n) is 5.85. The molecule has 4 nitrogen and oxygen atoms in total. The van der Waals surface area contributed by atoms with Crippen LogP contribution in [0, 0.1) is 5.82 Å². The molecule has 4 rings (SSSR count). The first-order valence-electron chi connectivity index (χ1n) is 7.66. The van der Waals surface area contributed by atoms with E-state index in [9.17, 15) is 9.18 Å². The fourth-order valence-electron chi connectivity index (χ4n) is 3.14. The van der Waals surface area contributed by atoms with Crippen LogP contribution in [-0.4, -0.2) is 33.4 Å². The van der Waals surface area contributed by atoms with Crippen LogP contribution >= 0.6 is 11.3 Å². The maximum absolute atomic E-state index is 13.3. The molecular weight excluding hydrogens is 313 g/mol. The van der Waals surface area contributed by atoms with Crippen molar-refractivity contribution >= 4 is 27.3 Å². The summed E-state index contributed by atoms with van der Waals surface area (Å²) in [6, 6.07) is 6.72. The maximum Gasteiger partial charge on any atom is 0.264 e. The molecule has 1 aliphatic rings. The number of likely N-dealkylation sites (tertiary alicyclic amines) is 1. The van der Waals surface area contributed by atoms with Crippen molar-refractivity contribution in [1.29, 1.82) is 0 Å². The molecule has 0 N–H and O–H groups in total. The molecule has 3 heterocycles. The Balaban J connectivity index is 1.57. The highest BCUT2D eigenvalue weighted by Gasteiger charge is 2.26. The number of thiophene rings is 1. The number of carbonyl (C=O) groups is 1. The topological polar surface area (TPSA) is 38.1 Å². The van der Waals surface area contributed by atoms with Gasteiger partial charge < -0.3 is 9.47 Å². The molecule has 1 unspecified atom stereocenters. The molecule has 1 amide bonds. The molecule has 1 atom stereocenters. The molecule has 2 aromatic heterocycles. The van der Waals surface area contributed by atoms with Crippen LogP contribution in [0.1, 0.15) is 28.6 Å². The van der Waals surface area contributed by atoms with Crippen molar-refractivity contribution in [1.82, 2.24) is 14.5 Å². The van der Waals surface area contributed by atoms with E-state index in [-0.39, 0.29) is 17.8 Å². The van der Waals surface area contributed by atoms with Gasteiger partial charge in [-0.15, -0.1) is 11.3 Å². The minimum atomic E-state index is -0.271. The molecule has 23 heavy (non-hydrogen) atoms. The van der Waals surface area contributed by atoms with Crippen molar-refractivity contribution in [2.75, 3.05) is 13.1 Å². The highest BCUT2D eigenvalue weighted by Crippen LogP contribution is 2.29. The number of carbonyl (C=O) groups excluding carboxylic acids is 1. The molecule has 118 valence electrons. The molecule has 0 spiro atoms. The number of imidazole rings is 1. The lowest BCUT2D eigenvalue weighted by molar-refractivity contribution is 0.0684. The molecule has 1 aliphatic heterocycles. The highest BCUT2D eigenvalue weighted by molar-refractivity contribution is 7.20. The number of hydrogen-bond donors (Lipinski definition) is 0. The second-order valence-corrected chi connectivity index (χ2v) is 6.93. The van der Waals surface area contributed by atoms with E-state index in [2.05, 4.69) is 9.55 Å². The monoisotopic (exact) mass is 329 g/mol. The normalized spacial score (nSPS) is 18.5. The van der Waals surface area contributed by atoms with Crippen molar-refractivity contribution < 1.29 is 9.18 Å². The molecule has 0 aliphatic carbocycles. The summed E-state index contributed by atoms with van der Waals surface area (Å²) in [7, 11) is 0. The van der Waals surface area contributed by atoms with Gasteiger partial charge in [0.15, 0.2) is 0 Å². The third-order valence-electron chi connectivity index (χ3n) is 4.32. The Bertz CT molecular complexity index is 843. The van der Waals surface area contributed by atoms with Gasteiger partial charge in [-0.2, -0.15) is 0 Å². The quantitative estimate of drug-likeness (QED) is 0.719. The van der Waals surface area contributed by atoms with Crippen LogP contribution in [0.25, 0.3) is 10.1 Å². The molecule has 6 heteroatoms. The summed E-state index contributed by atoms with van der Waals surface area (Å²) in [6.07, 6.45) is 7.55. The SMILES string of the molecule is O=C(c1cc2cc(F)ccc2s1)N1CCCC(n2ccnc2)C1. The lowest BCUT2D eigenvalue weighted by Gasteiger charge is -2.33. The van der Waals surface area contributed by atoms with Crippen LogP contribution in [-0.2, 0) is 0 Å². The number of halogens is 1. The highest BCUT2D eigenvalue weighted by atomic mass is 32.1. The summed E-state index contributed by atoms with van der Waals surface area (Å²) in [5.74, 6) is -0.233. The lowest BCUT2D eigenvalue weighted by atomic mass is 10.1. The van der Waals surface area contributed by atoms with Crippen LogP contribution in [0.15, 0.2) is 43.0 Å². The number of nitrogens with zero attached hydrogens (tertiary/aromatic N) is 3. The van der Waals surface area contributed by atoms with E-state index in [1.165, 1.54) is 23.5 Å². The predicted molar refractivity (Wildman–Crippen MR) is 88.2 cm³/mol. The number of rotatable bonds is 2. The Labute approximate surface area is 137 Å². The molecule has 1 aromatic carbocycles. The van der Waals surface area contributed by atoms with Crippen molar-refractivity contribution in [2.45, 2.75) is 18.9 Å². The fraction of sp³-hybridized carbons (Fsp3) is 0.294. The Hall–Kier alpha value is -2.21. The number of amides is 1. The summed E-state index contributed by atoms with van der Waals surface area (Å²) < 4.78 is 16.3. The predicted octanol–water partition coefficient (Wildman–Crippen LogP) is 3.71. The lowest BCUT2D eigenvalue weighted by Crippen LogP contribution is -2.40. The molecule has 1 saturated heterocycles. The zero-order chi connectivity index (χ0) is 15.8. The van der Waals surface area contributed by atoms with Crippen LogP contribution in [0.3, 0.4) is 0 Å². The van der Waals surface area contributed by atoms with Gasteiger partial charge in [-0.1, -0.05) is 0 Å². The van der Waals surface area contributed by atoms with Gasteiger partial charge in [0.25, 0.3) is 5.91 Å². The van der Waals surface area contributed by atoms with Gasteiger partial charge in [-0.3, -0.25) is 4.79 Å². The smallest absolute Gasteiger partial charge is 0.264 e. The van der Waals surface area contributed by atoms with Crippen molar-refractivity contribution in [3.8, 4) is 0 Å². The average molecular weight is 329 g/mol. The van der Waals surface area contributed by atoms with Gasteiger partial charge in [0.2, 0.25) is 0 Å². The maximum atomic E-state index is 13.3. The molecule has 0 saturated carbocycles. The average Bonchev–Trinajstić information content (AvgIpc) is 3.23. The van der Waals surface area contributed by atoms with Crippen molar-refractivity contribution in [3.63, 3.8) is 0 Å². The summed E-state index contributed by atoms with van der Waals surface area (Å²) in [5.41, 5.74) is 0. The number of aromatic nitrogens is 2. The zero-order valence-electron chi connectivity index (χ0n) is 12.5. The van der Waals surface area contributed by atoms with E-state index >= 15 is 0 Å². The molecule has 1 fully saturated rings. The molecule has 0 bridgehead atoms. The minimum absolute atomic E-state index is 0.0384. The minimum Gasteiger partial charge on any atom is -0.336 e. The van der Waals surface area contributed by atoms with Crippen LogP contribution in [0.4, 0.5) is 4.39 Å². The van der Waals surface area contributed by atoms with Crippen LogP contribution in [0.2, 0.25) is 0 Å². The first-order valence-corrected chi connectivity index (χ1v) is 8.48. The molecule has 3 aromatic rings. The first-order chi connectivity index (χ1) is 11.2. The van der Waals surface area contributed by atoms with E-state index in [1.54, 1.807) is 24.7 Å². The Morgan fingerprint density at radius 3 is 3.09 bits per heavy atom. The number of piperidine rings is 1. The third kappa shape index (κ3) is 2.74. The standard InChI is InChI=1S/C17H16FN3OS/c18-13-3-4-15-12(8-13)9-16(23-15)17(22)20-6-1-2-14(10-20)21-7-5-19-11-21/h3-5,7-9,11,14H,1-2,6,10H2. The summed E-state index contributed by atoms with van der Waals surface area (Å²) in [4.78, 5) is 19.5. The number of benzene rings is 1. The van der Waals surface area contributed by atoms with Gasteiger partial charge in [-0.25, -0.2) is 9.37 Å².